The number of aliphatic hydroxyl groups is 1. The van der Waals surface area contributed by atoms with Crippen LogP contribution in [0, 0.1) is 0 Å². The highest BCUT2D eigenvalue weighted by Gasteiger charge is 2.26. The van der Waals surface area contributed by atoms with Crippen LogP contribution in [0.5, 0.6) is 0 Å². The highest BCUT2D eigenvalue weighted by Crippen LogP contribution is 2.18. The van der Waals surface area contributed by atoms with Crippen LogP contribution >= 0.6 is 0 Å². The van der Waals surface area contributed by atoms with Crippen LogP contribution in [0.3, 0.4) is 0 Å². The van der Waals surface area contributed by atoms with Crippen molar-refractivity contribution in [3.05, 3.63) is 24.5 Å². The predicted octanol–water partition coefficient (Wildman–Crippen LogP) is 1.30. The molecule has 1 aromatic heterocycles. The fraction of sp³-hybridized carbons (Fsp3) is 0.615. The lowest BCUT2D eigenvalue weighted by Crippen LogP contribution is -2.39. The number of nitrogens with zero attached hydrogens (tertiary/aromatic N) is 1. The maximum Gasteiger partial charge on any atom is 0.220 e. The summed E-state index contributed by atoms with van der Waals surface area (Å²) < 4.78 is 2.07. The van der Waals surface area contributed by atoms with Gasteiger partial charge in [-0.1, -0.05) is 0 Å². The van der Waals surface area contributed by atoms with Gasteiger partial charge in [-0.3, -0.25) is 4.79 Å². The van der Waals surface area contributed by atoms with E-state index in [0.29, 0.717) is 6.42 Å². The first-order valence-corrected chi connectivity index (χ1v) is 6.34. The molecule has 2 rings (SSSR count). The summed E-state index contributed by atoms with van der Waals surface area (Å²) in [6.45, 7) is 0.869. The van der Waals surface area contributed by atoms with Crippen LogP contribution in [0.25, 0.3) is 0 Å². The van der Waals surface area contributed by atoms with Gasteiger partial charge in [0.05, 0.1) is 12.1 Å². The second-order valence-electron chi connectivity index (χ2n) is 4.70. The van der Waals surface area contributed by atoms with E-state index in [9.17, 15) is 9.90 Å². The Morgan fingerprint density at radius 2 is 2.12 bits per heavy atom. The van der Waals surface area contributed by atoms with E-state index in [1.165, 1.54) is 0 Å². The summed E-state index contributed by atoms with van der Waals surface area (Å²) in [6.07, 6.45) is 7.75. The molecule has 0 radical (unpaired) electrons. The van der Waals surface area contributed by atoms with Gasteiger partial charge in [-0.05, 0) is 37.8 Å². The minimum absolute atomic E-state index is 0.0194. The maximum atomic E-state index is 11.6. The third kappa shape index (κ3) is 3.60. The molecule has 2 N–H and O–H groups in total. The molecule has 1 aliphatic rings. The summed E-state index contributed by atoms with van der Waals surface area (Å²) >= 11 is 0. The number of aryl methyl sites for hydroxylation is 1. The Hall–Kier alpha value is -1.29. The van der Waals surface area contributed by atoms with Crippen molar-refractivity contribution in [2.75, 3.05) is 0 Å². The van der Waals surface area contributed by atoms with Gasteiger partial charge >= 0.3 is 0 Å². The number of hydrogen-bond donors (Lipinski definition) is 2. The van der Waals surface area contributed by atoms with Gasteiger partial charge in [0, 0.05) is 25.4 Å². The van der Waals surface area contributed by atoms with E-state index >= 15 is 0 Å². The Morgan fingerprint density at radius 3 is 2.76 bits per heavy atom. The van der Waals surface area contributed by atoms with Crippen LogP contribution in [0.1, 0.15) is 32.1 Å². The molecule has 2 atom stereocenters. The third-order valence-electron chi connectivity index (χ3n) is 3.31. The first kappa shape index (κ1) is 12.2. The molecule has 0 aliphatic heterocycles. The molecule has 17 heavy (non-hydrogen) atoms. The summed E-state index contributed by atoms with van der Waals surface area (Å²) in [7, 11) is 0. The number of nitrogens with one attached hydrogen (secondary N) is 1. The molecule has 1 fully saturated rings. The van der Waals surface area contributed by atoms with Crippen molar-refractivity contribution in [1.82, 2.24) is 9.88 Å². The zero-order chi connectivity index (χ0) is 12.1. The Morgan fingerprint density at radius 1 is 1.35 bits per heavy atom. The SMILES string of the molecule is O=C(CCCn1cccc1)N[C@H]1CCC[C@@H]1O. The van der Waals surface area contributed by atoms with Gasteiger partial charge in [0.15, 0.2) is 0 Å². The molecule has 1 amide bonds. The Bertz CT molecular complexity index is 348. The molecule has 4 heteroatoms. The van der Waals surface area contributed by atoms with E-state index < -0.39 is 0 Å². The summed E-state index contributed by atoms with van der Waals surface area (Å²) in [4.78, 5) is 11.6. The Kier molecular flexibility index (Phi) is 4.20. The van der Waals surface area contributed by atoms with Crippen molar-refractivity contribution in [1.29, 1.82) is 0 Å². The number of amides is 1. The summed E-state index contributed by atoms with van der Waals surface area (Å²) in [5, 5.41) is 12.5. The van der Waals surface area contributed by atoms with Gasteiger partial charge in [0.1, 0.15) is 0 Å². The summed E-state index contributed by atoms with van der Waals surface area (Å²) in [6, 6.07) is 3.94. The fourth-order valence-electron chi connectivity index (χ4n) is 2.33. The first-order valence-electron chi connectivity index (χ1n) is 6.34. The van der Waals surface area contributed by atoms with Crippen molar-refractivity contribution in [2.45, 2.75) is 50.8 Å². The normalized spacial score (nSPS) is 23.8. The monoisotopic (exact) mass is 236 g/mol. The first-order chi connectivity index (χ1) is 8.25. The molecular weight excluding hydrogens is 216 g/mol. The molecule has 1 saturated carbocycles. The van der Waals surface area contributed by atoms with Crippen molar-refractivity contribution < 1.29 is 9.90 Å². The zero-order valence-corrected chi connectivity index (χ0v) is 10.0. The van der Waals surface area contributed by atoms with Gasteiger partial charge < -0.3 is 15.0 Å². The van der Waals surface area contributed by atoms with Crippen LogP contribution < -0.4 is 5.32 Å². The average molecular weight is 236 g/mol. The lowest BCUT2D eigenvalue weighted by atomic mass is 10.2. The lowest BCUT2D eigenvalue weighted by Gasteiger charge is -2.16. The molecule has 94 valence electrons. The van der Waals surface area contributed by atoms with E-state index in [4.69, 9.17) is 0 Å². The summed E-state index contributed by atoms with van der Waals surface area (Å²) in [5.74, 6) is 0.0584. The Labute approximate surface area is 102 Å². The molecular formula is C13H20N2O2. The van der Waals surface area contributed by atoms with E-state index in [1.54, 1.807) is 0 Å². The van der Waals surface area contributed by atoms with E-state index in [2.05, 4.69) is 9.88 Å². The average Bonchev–Trinajstić information content (AvgIpc) is 2.92. The highest BCUT2D eigenvalue weighted by atomic mass is 16.3. The van der Waals surface area contributed by atoms with Crippen LogP contribution in [-0.4, -0.2) is 27.7 Å². The number of rotatable bonds is 5. The quantitative estimate of drug-likeness (QED) is 0.809. The molecule has 0 spiro atoms. The Balaban J connectivity index is 1.64. The second-order valence-corrected chi connectivity index (χ2v) is 4.70. The van der Waals surface area contributed by atoms with Gasteiger partial charge in [-0.2, -0.15) is 0 Å². The van der Waals surface area contributed by atoms with Gasteiger partial charge in [-0.15, -0.1) is 0 Å². The second kappa shape index (κ2) is 5.87. The van der Waals surface area contributed by atoms with Crippen molar-refractivity contribution in [3.63, 3.8) is 0 Å². The summed E-state index contributed by atoms with van der Waals surface area (Å²) in [5.41, 5.74) is 0. The molecule has 0 unspecified atom stereocenters. The van der Waals surface area contributed by atoms with E-state index in [1.807, 2.05) is 24.5 Å². The third-order valence-corrected chi connectivity index (χ3v) is 3.31. The number of carbonyl (C=O) groups is 1. The predicted molar refractivity (Wildman–Crippen MR) is 65.5 cm³/mol. The minimum atomic E-state index is -0.344. The molecule has 0 saturated heterocycles. The smallest absolute Gasteiger partial charge is 0.220 e. The number of aromatic nitrogens is 1. The van der Waals surface area contributed by atoms with E-state index in [-0.39, 0.29) is 18.1 Å². The maximum absolute atomic E-state index is 11.6. The largest absolute Gasteiger partial charge is 0.391 e. The van der Waals surface area contributed by atoms with Gasteiger partial charge in [0.2, 0.25) is 5.91 Å². The molecule has 1 aliphatic carbocycles. The standard InChI is InChI=1S/C13H20N2O2/c16-12-6-3-5-11(12)14-13(17)7-4-10-15-8-1-2-9-15/h1-2,8-9,11-12,16H,3-7,10H2,(H,14,17)/t11-,12-/m0/s1. The molecule has 1 heterocycles. The zero-order valence-electron chi connectivity index (χ0n) is 10.0. The van der Waals surface area contributed by atoms with Crippen LogP contribution in [0.4, 0.5) is 0 Å². The van der Waals surface area contributed by atoms with Crippen molar-refractivity contribution >= 4 is 5.91 Å². The van der Waals surface area contributed by atoms with Gasteiger partial charge in [-0.25, -0.2) is 0 Å². The molecule has 4 nitrogen and oxygen atoms in total. The van der Waals surface area contributed by atoms with Gasteiger partial charge in [0.25, 0.3) is 0 Å². The van der Waals surface area contributed by atoms with E-state index in [0.717, 1.165) is 32.2 Å². The van der Waals surface area contributed by atoms with Crippen LogP contribution in [0.15, 0.2) is 24.5 Å². The van der Waals surface area contributed by atoms with Crippen molar-refractivity contribution in [3.8, 4) is 0 Å². The molecule has 0 aromatic carbocycles. The van der Waals surface area contributed by atoms with Crippen molar-refractivity contribution in [2.24, 2.45) is 0 Å². The van der Waals surface area contributed by atoms with Crippen LogP contribution in [0.2, 0.25) is 0 Å². The molecule has 1 aromatic rings. The number of aliphatic hydroxyl groups excluding tert-OH is 1. The topological polar surface area (TPSA) is 54.3 Å². The molecule has 0 bridgehead atoms. The number of hydrogen-bond acceptors (Lipinski definition) is 2. The fourth-order valence-corrected chi connectivity index (χ4v) is 2.33. The minimum Gasteiger partial charge on any atom is -0.391 e. The van der Waals surface area contributed by atoms with Crippen LogP contribution in [-0.2, 0) is 11.3 Å². The highest BCUT2D eigenvalue weighted by molar-refractivity contribution is 5.76. The number of carbonyl (C=O) groups excluding carboxylic acids is 1. The lowest BCUT2D eigenvalue weighted by molar-refractivity contribution is -0.122.